The van der Waals surface area contributed by atoms with Crippen LogP contribution in [0.5, 0.6) is 0 Å². The Balaban J connectivity index is 1.96. The van der Waals surface area contributed by atoms with Crippen LogP contribution in [-0.4, -0.2) is 34.0 Å². The lowest BCUT2D eigenvalue weighted by molar-refractivity contribution is -0.116. The summed E-state index contributed by atoms with van der Waals surface area (Å²) in [7, 11) is 1.26. The first-order valence-corrected chi connectivity index (χ1v) is 5.93. The van der Waals surface area contributed by atoms with Crippen molar-refractivity contribution in [3.63, 3.8) is 0 Å². The van der Waals surface area contributed by atoms with Crippen LogP contribution in [0.1, 0.15) is 16.1 Å². The molecule has 1 aromatic heterocycles. The molecule has 0 saturated carbocycles. The lowest BCUT2D eigenvalue weighted by atomic mass is 10.2. The molecule has 0 atom stereocenters. The summed E-state index contributed by atoms with van der Waals surface area (Å²) in [6, 6.07) is 7.43. The standard InChI is InChI=1S/C13H14N4O3/c1-9-3-5-10(6-4-9)14-12(18)8-17-7-11(15-16-17)13(19)20-2/h3-7H,8H2,1-2H3,(H,14,18). The van der Waals surface area contributed by atoms with Crippen LogP contribution < -0.4 is 5.32 Å². The van der Waals surface area contributed by atoms with E-state index in [1.54, 1.807) is 0 Å². The van der Waals surface area contributed by atoms with Crippen molar-refractivity contribution >= 4 is 17.6 Å². The van der Waals surface area contributed by atoms with Gasteiger partial charge in [-0.25, -0.2) is 9.48 Å². The first-order valence-electron chi connectivity index (χ1n) is 5.93. The number of aromatic nitrogens is 3. The quantitative estimate of drug-likeness (QED) is 0.841. The maximum atomic E-state index is 11.8. The monoisotopic (exact) mass is 274 g/mol. The van der Waals surface area contributed by atoms with Crippen LogP contribution in [0, 0.1) is 6.92 Å². The van der Waals surface area contributed by atoms with Crippen molar-refractivity contribution in [3.05, 3.63) is 41.7 Å². The third kappa shape index (κ3) is 3.41. The second-order valence-electron chi connectivity index (χ2n) is 4.21. The van der Waals surface area contributed by atoms with Gasteiger partial charge in [-0.1, -0.05) is 22.9 Å². The van der Waals surface area contributed by atoms with Gasteiger partial charge in [0, 0.05) is 5.69 Å². The van der Waals surface area contributed by atoms with Crippen LogP contribution >= 0.6 is 0 Å². The number of ether oxygens (including phenoxy) is 1. The molecule has 0 aliphatic carbocycles. The second-order valence-corrected chi connectivity index (χ2v) is 4.21. The minimum absolute atomic E-state index is 0.0299. The van der Waals surface area contributed by atoms with E-state index >= 15 is 0 Å². The van der Waals surface area contributed by atoms with E-state index in [1.165, 1.54) is 18.0 Å². The molecule has 104 valence electrons. The molecule has 1 aromatic carbocycles. The molecular weight excluding hydrogens is 260 g/mol. The van der Waals surface area contributed by atoms with Gasteiger partial charge in [-0.05, 0) is 19.1 Å². The molecule has 0 saturated heterocycles. The Labute approximate surface area is 115 Å². The number of nitrogens with one attached hydrogen (secondary N) is 1. The molecule has 0 radical (unpaired) electrons. The van der Waals surface area contributed by atoms with Crippen molar-refractivity contribution in [2.45, 2.75) is 13.5 Å². The van der Waals surface area contributed by atoms with E-state index in [-0.39, 0.29) is 18.1 Å². The van der Waals surface area contributed by atoms with E-state index in [4.69, 9.17) is 0 Å². The molecule has 0 bridgehead atoms. The summed E-state index contributed by atoms with van der Waals surface area (Å²) in [6.45, 7) is 1.94. The Kier molecular flexibility index (Phi) is 4.09. The summed E-state index contributed by atoms with van der Waals surface area (Å²) in [5.74, 6) is -0.842. The van der Waals surface area contributed by atoms with Gasteiger partial charge in [0.05, 0.1) is 13.3 Å². The number of aryl methyl sites for hydroxylation is 1. The molecule has 0 unspecified atom stereocenters. The van der Waals surface area contributed by atoms with Crippen molar-refractivity contribution in [2.24, 2.45) is 0 Å². The number of carbonyl (C=O) groups excluding carboxylic acids is 2. The highest BCUT2D eigenvalue weighted by atomic mass is 16.5. The third-order valence-corrected chi connectivity index (χ3v) is 2.57. The molecule has 7 heteroatoms. The Hall–Kier alpha value is -2.70. The lowest BCUT2D eigenvalue weighted by Crippen LogP contribution is -2.19. The van der Waals surface area contributed by atoms with E-state index < -0.39 is 5.97 Å². The molecule has 0 aliphatic heterocycles. The van der Waals surface area contributed by atoms with E-state index in [0.29, 0.717) is 5.69 Å². The zero-order valence-electron chi connectivity index (χ0n) is 11.2. The topological polar surface area (TPSA) is 86.1 Å². The summed E-state index contributed by atoms with van der Waals surface area (Å²) in [4.78, 5) is 23.0. The number of anilines is 1. The highest BCUT2D eigenvalue weighted by Gasteiger charge is 2.12. The van der Waals surface area contributed by atoms with Crippen molar-refractivity contribution in [2.75, 3.05) is 12.4 Å². The molecule has 1 heterocycles. The number of esters is 1. The van der Waals surface area contributed by atoms with Gasteiger partial charge in [0.25, 0.3) is 0 Å². The molecule has 0 aliphatic rings. The van der Waals surface area contributed by atoms with Gasteiger partial charge in [-0.2, -0.15) is 0 Å². The molecule has 2 aromatic rings. The second kappa shape index (κ2) is 5.96. The average Bonchev–Trinajstić information content (AvgIpc) is 2.89. The lowest BCUT2D eigenvalue weighted by Gasteiger charge is -2.05. The summed E-state index contributed by atoms with van der Waals surface area (Å²) in [6.07, 6.45) is 1.36. The van der Waals surface area contributed by atoms with Gasteiger partial charge in [0.2, 0.25) is 5.91 Å². The molecule has 1 amide bonds. The Morgan fingerprint density at radius 1 is 1.30 bits per heavy atom. The molecule has 20 heavy (non-hydrogen) atoms. The number of benzene rings is 1. The molecule has 1 N–H and O–H groups in total. The van der Waals surface area contributed by atoms with Crippen molar-refractivity contribution in [3.8, 4) is 0 Å². The highest BCUT2D eigenvalue weighted by molar-refractivity contribution is 5.90. The maximum Gasteiger partial charge on any atom is 0.360 e. The normalized spacial score (nSPS) is 10.1. The summed E-state index contributed by atoms with van der Waals surface area (Å²) in [5.41, 5.74) is 1.88. The van der Waals surface area contributed by atoms with E-state index in [1.807, 2.05) is 31.2 Å². The van der Waals surface area contributed by atoms with E-state index in [9.17, 15) is 9.59 Å². The Bertz CT molecular complexity index is 619. The van der Waals surface area contributed by atoms with E-state index in [0.717, 1.165) is 5.56 Å². The van der Waals surface area contributed by atoms with Crippen LogP contribution in [0.2, 0.25) is 0 Å². The minimum atomic E-state index is -0.588. The minimum Gasteiger partial charge on any atom is -0.464 e. The van der Waals surface area contributed by atoms with Gasteiger partial charge in [-0.3, -0.25) is 4.79 Å². The Morgan fingerprint density at radius 2 is 2.00 bits per heavy atom. The number of amides is 1. The van der Waals surface area contributed by atoms with Crippen LogP contribution in [-0.2, 0) is 16.1 Å². The maximum absolute atomic E-state index is 11.8. The van der Waals surface area contributed by atoms with Crippen LogP contribution in [0.3, 0.4) is 0 Å². The predicted molar refractivity (Wildman–Crippen MR) is 71.2 cm³/mol. The number of nitrogens with zero attached hydrogens (tertiary/aromatic N) is 3. The molecular formula is C13H14N4O3. The summed E-state index contributed by atoms with van der Waals surface area (Å²) < 4.78 is 5.78. The number of hydrogen-bond donors (Lipinski definition) is 1. The molecule has 2 rings (SSSR count). The zero-order valence-corrected chi connectivity index (χ0v) is 11.2. The fraction of sp³-hybridized carbons (Fsp3) is 0.231. The number of rotatable bonds is 4. The van der Waals surface area contributed by atoms with Gasteiger partial charge < -0.3 is 10.1 Å². The van der Waals surface area contributed by atoms with Crippen molar-refractivity contribution < 1.29 is 14.3 Å². The Morgan fingerprint density at radius 3 is 2.65 bits per heavy atom. The van der Waals surface area contributed by atoms with Crippen molar-refractivity contribution in [1.29, 1.82) is 0 Å². The fourth-order valence-electron chi connectivity index (χ4n) is 1.56. The SMILES string of the molecule is COC(=O)c1cn(CC(=O)Nc2ccc(C)cc2)nn1. The number of carbonyl (C=O) groups is 2. The van der Waals surface area contributed by atoms with Gasteiger partial charge in [0.15, 0.2) is 5.69 Å². The van der Waals surface area contributed by atoms with Crippen LogP contribution in [0.4, 0.5) is 5.69 Å². The van der Waals surface area contributed by atoms with Gasteiger partial charge >= 0.3 is 5.97 Å². The van der Waals surface area contributed by atoms with Crippen molar-refractivity contribution in [1.82, 2.24) is 15.0 Å². The summed E-state index contributed by atoms with van der Waals surface area (Å²) in [5, 5.41) is 10.0. The van der Waals surface area contributed by atoms with Gasteiger partial charge in [-0.15, -0.1) is 5.10 Å². The average molecular weight is 274 g/mol. The highest BCUT2D eigenvalue weighted by Crippen LogP contribution is 2.08. The first-order chi connectivity index (χ1) is 9.58. The van der Waals surface area contributed by atoms with E-state index in [2.05, 4.69) is 20.4 Å². The van der Waals surface area contributed by atoms with Crippen LogP contribution in [0.25, 0.3) is 0 Å². The fourth-order valence-corrected chi connectivity index (χ4v) is 1.56. The molecule has 0 fully saturated rings. The first kappa shape index (κ1) is 13.7. The third-order valence-electron chi connectivity index (χ3n) is 2.57. The predicted octanol–water partition coefficient (Wildman–Crippen LogP) is 1.01. The van der Waals surface area contributed by atoms with Gasteiger partial charge in [0.1, 0.15) is 6.54 Å². The molecule has 0 spiro atoms. The summed E-state index contributed by atoms with van der Waals surface area (Å²) >= 11 is 0. The van der Waals surface area contributed by atoms with Crippen LogP contribution in [0.15, 0.2) is 30.5 Å². The number of hydrogen-bond acceptors (Lipinski definition) is 5. The largest absolute Gasteiger partial charge is 0.464 e. The number of methoxy groups -OCH3 is 1. The zero-order chi connectivity index (χ0) is 14.5. The molecule has 7 nitrogen and oxygen atoms in total. The smallest absolute Gasteiger partial charge is 0.360 e.